The van der Waals surface area contributed by atoms with Gasteiger partial charge in [0, 0.05) is 6.54 Å². The molecule has 0 fully saturated rings. The third-order valence-electron chi connectivity index (χ3n) is 2.71. The van der Waals surface area contributed by atoms with Gasteiger partial charge in [-0.3, -0.25) is 0 Å². The van der Waals surface area contributed by atoms with Gasteiger partial charge in [-0.2, -0.15) is 9.78 Å². The van der Waals surface area contributed by atoms with Crippen molar-refractivity contribution in [3.8, 4) is 0 Å². The highest BCUT2D eigenvalue weighted by Crippen LogP contribution is 2.23. The molecule has 0 aliphatic rings. The number of carbonyl (C=O) groups excluding carboxylic acids is 2. The van der Waals surface area contributed by atoms with Gasteiger partial charge in [-0.25, -0.2) is 14.6 Å². The van der Waals surface area contributed by atoms with Crippen LogP contribution in [0.25, 0.3) is 11.0 Å². The smallest absolute Gasteiger partial charge is 0.357 e. The van der Waals surface area contributed by atoms with Gasteiger partial charge < -0.3 is 15.8 Å². The third-order valence-corrected chi connectivity index (χ3v) is 2.71. The molecule has 2 rings (SSSR count). The normalized spacial score (nSPS) is 10.2. The molecule has 0 spiro atoms. The lowest BCUT2D eigenvalue weighted by molar-refractivity contribution is 0.0543. The monoisotopic (exact) mass is 301 g/mol. The Balaban J connectivity index is 2.53. The Bertz CT molecular complexity index is 750. The van der Waals surface area contributed by atoms with Crippen molar-refractivity contribution in [1.29, 1.82) is 0 Å². The van der Waals surface area contributed by atoms with Crippen molar-refractivity contribution in [3.63, 3.8) is 0 Å². The zero-order valence-electron chi connectivity index (χ0n) is 11.8. The molecule has 3 N–H and O–H groups in total. The minimum atomic E-state index is -0.750. The summed E-state index contributed by atoms with van der Waals surface area (Å²) < 4.78 is 5.96. The van der Waals surface area contributed by atoms with Crippen LogP contribution in [0.1, 0.15) is 10.5 Å². The van der Waals surface area contributed by atoms with E-state index >= 15 is 0 Å². The molecule has 0 radical (unpaired) electrons. The zero-order chi connectivity index (χ0) is 16.1. The predicted octanol–water partition coefficient (Wildman–Crippen LogP) is 1.30. The number of rotatable bonds is 6. The van der Waals surface area contributed by atoms with E-state index in [2.05, 4.69) is 28.6 Å². The van der Waals surface area contributed by atoms with E-state index in [1.807, 2.05) is 0 Å². The maximum atomic E-state index is 11.9. The maximum absolute atomic E-state index is 11.9. The fourth-order valence-corrected chi connectivity index (χ4v) is 1.84. The molecule has 0 saturated heterocycles. The largest absolute Gasteiger partial charge is 0.457 e. The number of primary amides is 1. The Labute approximate surface area is 126 Å². The molecule has 0 atom stereocenters. The number of anilines is 1. The van der Waals surface area contributed by atoms with E-state index in [0.717, 1.165) is 4.68 Å². The van der Waals surface area contributed by atoms with Gasteiger partial charge in [0.1, 0.15) is 17.6 Å². The van der Waals surface area contributed by atoms with E-state index in [1.54, 1.807) is 6.08 Å². The van der Waals surface area contributed by atoms with Crippen LogP contribution in [0, 0.1) is 0 Å². The first-order valence-electron chi connectivity index (χ1n) is 6.39. The molecule has 2 aromatic rings. The number of ether oxygens (including phenoxy) is 1. The minimum absolute atomic E-state index is 0.0779. The van der Waals surface area contributed by atoms with E-state index in [-0.39, 0.29) is 12.3 Å². The van der Waals surface area contributed by atoms with E-state index in [4.69, 9.17) is 10.5 Å². The van der Waals surface area contributed by atoms with Crippen LogP contribution in [-0.4, -0.2) is 39.9 Å². The highest BCUT2D eigenvalue weighted by Gasteiger charge is 2.18. The molecule has 0 aliphatic carbocycles. The number of esters is 1. The Morgan fingerprint density at radius 2 is 2.18 bits per heavy atom. The first kappa shape index (κ1) is 15.2. The summed E-state index contributed by atoms with van der Waals surface area (Å²) in [5.41, 5.74) is 6.56. The van der Waals surface area contributed by atoms with E-state index in [1.165, 1.54) is 18.3 Å². The Hall–Kier alpha value is -3.16. The number of nitrogens with zero attached hydrogens (tertiary/aromatic N) is 3. The molecule has 0 aliphatic heterocycles. The van der Waals surface area contributed by atoms with Crippen molar-refractivity contribution in [2.45, 2.75) is 0 Å². The average molecular weight is 301 g/mol. The second-order valence-electron chi connectivity index (χ2n) is 4.24. The number of hydrogen-bond acceptors (Lipinski definition) is 6. The fourth-order valence-electron chi connectivity index (χ4n) is 1.84. The molecule has 2 aromatic heterocycles. The Kier molecular flexibility index (Phi) is 4.52. The second kappa shape index (κ2) is 6.53. The van der Waals surface area contributed by atoms with E-state index < -0.39 is 12.0 Å². The van der Waals surface area contributed by atoms with E-state index in [0.29, 0.717) is 23.3 Å². The lowest BCUT2D eigenvalue weighted by Gasteiger charge is -2.09. The quantitative estimate of drug-likeness (QED) is 0.614. The van der Waals surface area contributed by atoms with Crippen LogP contribution in [0.4, 0.5) is 10.5 Å². The van der Waals surface area contributed by atoms with Crippen molar-refractivity contribution in [2.75, 3.05) is 18.5 Å². The van der Waals surface area contributed by atoms with Crippen molar-refractivity contribution in [1.82, 2.24) is 14.8 Å². The topological polar surface area (TPSA) is 112 Å². The molecule has 0 saturated carbocycles. The molecular weight excluding hydrogens is 286 g/mol. The number of nitrogens with two attached hydrogens (primary N) is 1. The summed E-state index contributed by atoms with van der Waals surface area (Å²) in [7, 11) is 0. The van der Waals surface area contributed by atoms with Crippen LogP contribution in [-0.2, 0) is 4.74 Å². The lowest BCUT2D eigenvalue weighted by Crippen LogP contribution is -2.21. The first-order chi connectivity index (χ1) is 10.6. The highest BCUT2D eigenvalue weighted by atomic mass is 16.5. The Morgan fingerprint density at radius 3 is 2.82 bits per heavy atom. The minimum Gasteiger partial charge on any atom is -0.457 e. The van der Waals surface area contributed by atoms with Crippen molar-refractivity contribution < 1.29 is 14.3 Å². The van der Waals surface area contributed by atoms with Crippen LogP contribution in [0.15, 0.2) is 37.6 Å². The number of carbonyl (C=O) groups is 2. The number of aromatic nitrogens is 3. The van der Waals surface area contributed by atoms with Gasteiger partial charge in [-0.05, 0) is 6.07 Å². The summed E-state index contributed by atoms with van der Waals surface area (Å²) in [6.07, 6.45) is 4.44. The van der Waals surface area contributed by atoms with Crippen LogP contribution in [0.2, 0.25) is 0 Å². The number of nitrogens with one attached hydrogen (secondary N) is 1. The molecule has 114 valence electrons. The number of amides is 1. The van der Waals surface area contributed by atoms with Gasteiger partial charge in [0.15, 0.2) is 5.69 Å². The van der Waals surface area contributed by atoms with Crippen LogP contribution >= 0.6 is 0 Å². The van der Waals surface area contributed by atoms with Gasteiger partial charge in [-0.1, -0.05) is 18.7 Å². The highest BCUT2D eigenvalue weighted by molar-refractivity contribution is 5.99. The summed E-state index contributed by atoms with van der Waals surface area (Å²) >= 11 is 0. The molecule has 0 bridgehead atoms. The summed E-state index contributed by atoms with van der Waals surface area (Å²) in [6.45, 7) is 7.57. The summed E-state index contributed by atoms with van der Waals surface area (Å²) in [6, 6.07) is 0.721. The van der Waals surface area contributed by atoms with Crippen molar-refractivity contribution >= 4 is 28.7 Å². The molecule has 1 amide bonds. The third kappa shape index (κ3) is 2.95. The summed E-state index contributed by atoms with van der Waals surface area (Å²) in [4.78, 5) is 27.5. The average Bonchev–Trinajstić information content (AvgIpc) is 2.94. The van der Waals surface area contributed by atoms with Gasteiger partial charge >= 0.3 is 12.0 Å². The zero-order valence-corrected chi connectivity index (χ0v) is 11.8. The van der Waals surface area contributed by atoms with Crippen LogP contribution in [0.5, 0.6) is 0 Å². The SMILES string of the molecule is C=CCNc1cc(C(=O)OCC=C)nc2cnn(C(N)=O)c12. The Morgan fingerprint density at radius 1 is 1.41 bits per heavy atom. The molecule has 2 heterocycles. The van der Waals surface area contributed by atoms with Crippen molar-refractivity contribution in [2.24, 2.45) is 5.73 Å². The lowest BCUT2D eigenvalue weighted by atomic mass is 10.2. The number of fused-ring (bicyclic) bond motifs is 1. The molecule has 8 nitrogen and oxygen atoms in total. The molecular formula is C14H15N5O3. The summed E-state index contributed by atoms with van der Waals surface area (Å²) in [5.74, 6) is -0.602. The predicted molar refractivity (Wildman–Crippen MR) is 81.7 cm³/mol. The number of pyridine rings is 1. The molecule has 0 aromatic carbocycles. The first-order valence-corrected chi connectivity index (χ1v) is 6.39. The van der Waals surface area contributed by atoms with Crippen LogP contribution in [0.3, 0.4) is 0 Å². The van der Waals surface area contributed by atoms with Gasteiger partial charge in [-0.15, -0.1) is 6.58 Å². The molecule has 0 unspecified atom stereocenters. The summed E-state index contributed by atoms with van der Waals surface area (Å²) in [5, 5.41) is 6.89. The van der Waals surface area contributed by atoms with Crippen molar-refractivity contribution in [3.05, 3.63) is 43.3 Å². The van der Waals surface area contributed by atoms with Gasteiger partial charge in [0.05, 0.1) is 11.9 Å². The van der Waals surface area contributed by atoms with Gasteiger partial charge in [0.25, 0.3) is 0 Å². The number of hydrogen-bond donors (Lipinski definition) is 2. The second-order valence-corrected chi connectivity index (χ2v) is 4.24. The standard InChI is InChI=1S/C14H15N5O3/c1-3-5-16-9-7-10(13(20)22-6-4-2)18-11-8-17-19(12(9)11)14(15)21/h3-4,7-8H,1-2,5-6H2,(H2,15,21)(H,16,18). The van der Waals surface area contributed by atoms with Gasteiger partial charge in [0.2, 0.25) is 0 Å². The molecule has 22 heavy (non-hydrogen) atoms. The fraction of sp³-hybridized carbons (Fsp3) is 0.143. The van der Waals surface area contributed by atoms with E-state index in [9.17, 15) is 9.59 Å². The maximum Gasteiger partial charge on any atom is 0.357 e. The van der Waals surface area contributed by atoms with Crippen LogP contribution < -0.4 is 11.1 Å². The molecule has 8 heteroatoms.